The second-order valence-corrected chi connectivity index (χ2v) is 14.0. The fourth-order valence-electron chi connectivity index (χ4n) is 7.66. The molecule has 1 heterocycles. The Morgan fingerprint density at radius 3 is 1.68 bits per heavy atom. The summed E-state index contributed by atoms with van der Waals surface area (Å²) in [4.78, 5) is 2.42. The summed E-state index contributed by atoms with van der Waals surface area (Å²) in [6.45, 7) is 0. The van der Waals surface area contributed by atoms with Crippen LogP contribution in [0, 0.1) is 0 Å². The molecule has 10 aromatic rings. The zero-order valence-corrected chi connectivity index (χ0v) is 28.1. The van der Waals surface area contributed by atoms with Gasteiger partial charge in [0.05, 0.1) is 5.69 Å². The molecule has 1 nitrogen and oxygen atoms in total. The maximum Gasteiger partial charge on any atom is 0.0540 e. The topological polar surface area (TPSA) is 3.24 Å². The van der Waals surface area contributed by atoms with Crippen LogP contribution in [0.4, 0.5) is 17.1 Å². The van der Waals surface area contributed by atoms with Crippen LogP contribution in [0.2, 0.25) is 0 Å². The van der Waals surface area contributed by atoms with E-state index >= 15 is 0 Å². The van der Waals surface area contributed by atoms with Crippen LogP contribution in [0.25, 0.3) is 74.7 Å². The van der Waals surface area contributed by atoms with Crippen LogP contribution in [0.5, 0.6) is 0 Å². The summed E-state index contributed by atoms with van der Waals surface area (Å²) in [5.41, 5.74) is 8.29. The average molecular weight is 654 g/mol. The van der Waals surface area contributed by atoms with Crippen LogP contribution in [0.1, 0.15) is 0 Å². The number of hydrogen-bond acceptors (Lipinski definition) is 2. The normalized spacial score (nSPS) is 11.6. The first kappa shape index (κ1) is 28.8. The Morgan fingerprint density at radius 2 is 0.900 bits per heavy atom. The van der Waals surface area contributed by atoms with Gasteiger partial charge in [-0.15, -0.1) is 11.3 Å². The van der Waals surface area contributed by atoms with Gasteiger partial charge in [-0.2, -0.15) is 0 Å². The quantitative estimate of drug-likeness (QED) is 0.167. The molecule has 2 heteroatoms. The lowest BCUT2D eigenvalue weighted by Crippen LogP contribution is -2.10. The van der Waals surface area contributed by atoms with Gasteiger partial charge in [0.2, 0.25) is 0 Å². The smallest absolute Gasteiger partial charge is 0.0540 e. The molecule has 234 valence electrons. The lowest BCUT2D eigenvalue weighted by Gasteiger charge is -2.27. The first-order valence-electron chi connectivity index (χ1n) is 17.1. The highest BCUT2D eigenvalue weighted by atomic mass is 32.1. The molecule has 0 N–H and O–H groups in total. The van der Waals surface area contributed by atoms with E-state index in [2.05, 4.69) is 193 Å². The summed E-state index contributed by atoms with van der Waals surface area (Å²) < 4.78 is 2.66. The van der Waals surface area contributed by atoms with Gasteiger partial charge in [0.15, 0.2) is 0 Å². The van der Waals surface area contributed by atoms with Gasteiger partial charge in [0, 0.05) is 42.3 Å². The van der Waals surface area contributed by atoms with Crippen LogP contribution in [0.3, 0.4) is 0 Å². The van der Waals surface area contributed by atoms with Crippen LogP contribution >= 0.6 is 11.3 Å². The zero-order chi connectivity index (χ0) is 33.0. The Kier molecular flexibility index (Phi) is 6.75. The summed E-state index contributed by atoms with van der Waals surface area (Å²) >= 11 is 1.89. The van der Waals surface area contributed by atoms with E-state index in [1.807, 2.05) is 11.3 Å². The summed E-state index contributed by atoms with van der Waals surface area (Å²) in [5.74, 6) is 0. The van der Waals surface area contributed by atoms with Crippen molar-refractivity contribution in [1.29, 1.82) is 0 Å². The summed E-state index contributed by atoms with van der Waals surface area (Å²) in [7, 11) is 0. The van der Waals surface area contributed by atoms with Gasteiger partial charge in [0.1, 0.15) is 0 Å². The number of thiophene rings is 1. The molecule has 10 rings (SSSR count). The second-order valence-electron chi connectivity index (χ2n) is 12.9. The molecular formula is C48H31NS. The third-order valence-electron chi connectivity index (χ3n) is 10.1. The highest BCUT2D eigenvalue weighted by molar-refractivity contribution is 7.26. The van der Waals surface area contributed by atoms with Crippen molar-refractivity contribution >= 4 is 80.9 Å². The van der Waals surface area contributed by atoms with Gasteiger partial charge >= 0.3 is 0 Å². The van der Waals surface area contributed by atoms with Crippen molar-refractivity contribution in [2.24, 2.45) is 0 Å². The first-order valence-corrected chi connectivity index (χ1v) is 17.9. The minimum absolute atomic E-state index is 1.12. The minimum Gasteiger partial charge on any atom is -0.310 e. The Bertz CT molecular complexity index is 2850. The van der Waals surface area contributed by atoms with E-state index in [1.54, 1.807) is 0 Å². The van der Waals surface area contributed by atoms with Crippen molar-refractivity contribution < 1.29 is 0 Å². The van der Waals surface area contributed by atoms with Crippen molar-refractivity contribution in [1.82, 2.24) is 0 Å². The summed E-state index contributed by atoms with van der Waals surface area (Å²) in [6, 6.07) is 68.6. The molecule has 0 radical (unpaired) electrons. The monoisotopic (exact) mass is 653 g/mol. The Balaban J connectivity index is 1.15. The fraction of sp³-hybridized carbons (Fsp3) is 0. The number of anilines is 3. The molecule has 0 aliphatic carbocycles. The molecule has 0 fully saturated rings. The number of rotatable bonds is 5. The lowest BCUT2D eigenvalue weighted by atomic mass is 9.93. The molecule has 0 aliphatic rings. The van der Waals surface area contributed by atoms with Crippen molar-refractivity contribution in [3.8, 4) is 22.3 Å². The summed E-state index contributed by atoms with van der Waals surface area (Å²) in [6.07, 6.45) is 0. The standard InChI is InChI=1S/C48H31NS/c1-2-11-32(12-3-1)33-21-25-36(26-22-33)49(46-19-10-18-43-41(46)29-30-44-42-17-8-9-20-47(42)50-48(43)44)37-27-23-34(24-28-37)45-31-35-13-4-5-14-38(35)39-15-6-7-16-40(39)45/h1-31H. The molecule has 0 unspecified atom stereocenters. The van der Waals surface area contributed by atoms with Crippen LogP contribution in [-0.4, -0.2) is 0 Å². The van der Waals surface area contributed by atoms with Crippen LogP contribution in [-0.2, 0) is 0 Å². The SMILES string of the molecule is c1ccc(-c2ccc(N(c3ccc(-c4cc5ccccc5c5ccccc45)cc3)c3cccc4c3ccc3c5ccccc5sc43)cc2)cc1. The molecule has 0 saturated carbocycles. The maximum atomic E-state index is 2.42. The predicted octanol–water partition coefficient (Wildman–Crippen LogP) is 14.3. The van der Waals surface area contributed by atoms with E-state index in [4.69, 9.17) is 0 Å². The molecule has 0 spiro atoms. The molecule has 9 aromatic carbocycles. The number of hydrogen-bond donors (Lipinski definition) is 0. The fourth-order valence-corrected chi connectivity index (χ4v) is 8.89. The van der Waals surface area contributed by atoms with Gasteiger partial charge in [-0.3, -0.25) is 0 Å². The van der Waals surface area contributed by atoms with E-state index in [-0.39, 0.29) is 0 Å². The molecule has 0 bridgehead atoms. The average Bonchev–Trinajstić information content (AvgIpc) is 3.58. The highest BCUT2D eigenvalue weighted by Gasteiger charge is 2.18. The van der Waals surface area contributed by atoms with Crippen molar-refractivity contribution in [3.63, 3.8) is 0 Å². The van der Waals surface area contributed by atoms with Gasteiger partial charge in [-0.25, -0.2) is 0 Å². The highest BCUT2D eigenvalue weighted by Crippen LogP contribution is 2.45. The summed E-state index contributed by atoms with van der Waals surface area (Å²) in [5, 5.41) is 10.3. The first-order chi connectivity index (χ1) is 24.8. The van der Waals surface area contributed by atoms with E-state index in [1.165, 1.54) is 80.4 Å². The van der Waals surface area contributed by atoms with Crippen LogP contribution in [0.15, 0.2) is 188 Å². The van der Waals surface area contributed by atoms with E-state index in [0.717, 1.165) is 11.4 Å². The third kappa shape index (κ3) is 4.69. The number of nitrogens with zero attached hydrogens (tertiary/aromatic N) is 1. The maximum absolute atomic E-state index is 2.42. The zero-order valence-electron chi connectivity index (χ0n) is 27.3. The lowest BCUT2D eigenvalue weighted by molar-refractivity contribution is 1.30. The molecule has 0 aliphatic heterocycles. The second kappa shape index (κ2) is 11.7. The largest absolute Gasteiger partial charge is 0.310 e. The van der Waals surface area contributed by atoms with Gasteiger partial charge in [0.25, 0.3) is 0 Å². The Hall–Kier alpha value is -6.22. The van der Waals surface area contributed by atoms with Crippen molar-refractivity contribution in [2.45, 2.75) is 0 Å². The van der Waals surface area contributed by atoms with E-state index in [9.17, 15) is 0 Å². The molecule has 1 aromatic heterocycles. The molecule has 0 saturated heterocycles. The van der Waals surface area contributed by atoms with Gasteiger partial charge < -0.3 is 4.90 Å². The molecule has 0 atom stereocenters. The van der Waals surface area contributed by atoms with E-state index in [0.29, 0.717) is 0 Å². The number of fused-ring (bicyclic) bond motifs is 8. The predicted molar refractivity (Wildman–Crippen MR) is 217 cm³/mol. The number of benzene rings is 9. The minimum atomic E-state index is 1.12. The molecule has 0 amide bonds. The van der Waals surface area contributed by atoms with Crippen molar-refractivity contribution in [2.75, 3.05) is 4.90 Å². The van der Waals surface area contributed by atoms with Crippen LogP contribution < -0.4 is 4.90 Å². The Labute approximate surface area is 294 Å². The Morgan fingerprint density at radius 1 is 0.340 bits per heavy atom. The molecular weight excluding hydrogens is 623 g/mol. The van der Waals surface area contributed by atoms with E-state index < -0.39 is 0 Å². The van der Waals surface area contributed by atoms with Gasteiger partial charge in [-0.05, 0) is 86.3 Å². The van der Waals surface area contributed by atoms with Crippen molar-refractivity contribution in [3.05, 3.63) is 188 Å². The third-order valence-corrected chi connectivity index (χ3v) is 11.3. The van der Waals surface area contributed by atoms with Gasteiger partial charge in [-0.1, -0.05) is 146 Å². The molecule has 50 heavy (non-hydrogen) atoms.